The predicted octanol–water partition coefficient (Wildman–Crippen LogP) is 3.71. The Hall–Kier alpha value is -3.87. The van der Waals surface area contributed by atoms with Gasteiger partial charge in [0.2, 0.25) is 16.0 Å². The number of amides is 1. The number of sulfonamides is 1. The highest BCUT2D eigenvalue weighted by Gasteiger charge is 2.35. The van der Waals surface area contributed by atoms with Crippen molar-refractivity contribution in [3.63, 3.8) is 0 Å². The number of nitrogens with one attached hydrogen (secondary N) is 4. The maximum Gasteiger partial charge on any atom is 0.421 e. The second kappa shape index (κ2) is 9.32. The van der Waals surface area contributed by atoms with E-state index in [9.17, 15) is 26.4 Å². The summed E-state index contributed by atoms with van der Waals surface area (Å²) in [5, 5.41) is 7.86. The number of carbonyl (C=O) groups excluding carboxylic acids is 1. The van der Waals surface area contributed by atoms with E-state index in [0.29, 0.717) is 17.4 Å². The molecule has 0 atom stereocenters. The lowest BCUT2D eigenvalue weighted by Crippen LogP contribution is -2.17. The van der Waals surface area contributed by atoms with Gasteiger partial charge in [0.15, 0.2) is 0 Å². The van der Waals surface area contributed by atoms with Gasteiger partial charge in [-0.25, -0.2) is 13.4 Å². The molecule has 0 spiro atoms. The molecule has 1 heterocycles. The van der Waals surface area contributed by atoms with Crippen molar-refractivity contribution in [1.82, 2.24) is 15.3 Å². The Kier molecular flexibility index (Phi) is 6.72. The maximum atomic E-state index is 13.5. The summed E-state index contributed by atoms with van der Waals surface area (Å²) in [6.45, 7) is 0. The zero-order chi connectivity index (χ0) is 24.2. The zero-order valence-electron chi connectivity index (χ0n) is 17.4. The molecular weight excluding hydrogens is 461 g/mol. The van der Waals surface area contributed by atoms with E-state index in [-0.39, 0.29) is 23.2 Å². The molecule has 0 fully saturated rings. The van der Waals surface area contributed by atoms with Crippen molar-refractivity contribution in [3.05, 3.63) is 65.9 Å². The number of hydrogen-bond donors (Lipinski definition) is 4. The summed E-state index contributed by atoms with van der Waals surface area (Å²) in [6.07, 6.45) is -3.08. The van der Waals surface area contributed by atoms with Crippen LogP contribution in [0.15, 0.2) is 54.7 Å². The number of alkyl halides is 3. The Balaban J connectivity index is 1.85. The van der Waals surface area contributed by atoms with E-state index in [1.807, 2.05) is 0 Å². The molecule has 13 heteroatoms. The third kappa shape index (κ3) is 6.55. The van der Waals surface area contributed by atoms with E-state index in [4.69, 9.17) is 0 Å². The summed E-state index contributed by atoms with van der Waals surface area (Å²) in [5.74, 6) is -0.879. The molecule has 0 unspecified atom stereocenters. The summed E-state index contributed by atoms with van der Waals surface area (Å²) in [5.41, 5.74) is 0.293. The molecule has 33 heavy (non-hydrogen) atoms. The van der Waals surface area contributed by atoms with Crippen LogP contribution in [0.3, 0.4) is 0 Å². The molecular formula is C20H19F3N6O3S. The highest BCUT2D eigenvalue weighted by atomic mass is 32.2. The topological polar surface area (TPSA) is 125 Å². The van der Waals surface area contributed by atoms with Crippen LogP contribution in [-0.4, -0.2) is 37.6 Å². The largest absolute Gasteiger partial charge is 0.421 e. The lowest BCUT2D eigenvalue weighted by molar-refractivity contribution is -0.137. The van der Waals surface area contributed by atoms with E-state index in [1.165, 1.54) is 43.4 Å². The smallest absolute Gasteiger partial charge is 0.355 e. The van der Waals surface area contributed by atoms with Crippen LogP contribution in [0.1, 0.15) is 15.9 Å². The molecule has 1 aromatic heterocycles. The molecule has 0 aliphatic heterocycles. The number of halogens is 3. The van der Waals surface area contributed by atoms with Gasteiger partial charge in [0.25, 0.3) is 5.91 Å². The molecule has 1 amide bonds. The Morgan fingerprint density at radius 3 is 2.00 bits per heavy atom. The first kappa shape index (κ1) is 23.8. The first-order valence-corrected chi connectivity index (χ1v) is 11.2. The van der Waals surface area contributed by atoms with Crippen molar-refractivity contribution < 1.29 is 26.4 Å². The first-order valence-electron chi connectivity index (χ1n) is 9.33. The Morgan fingerprint density at radius 2 is 1.45 bits per heavy atom. The van der Waals surface area contributed by atoms with Crippen LogP contribution >= 0.6 is 0 Å². The first-order chi connectivity index (χ1) is 15.4. The van der Waals surface area contributed by atoms with Gasteiger partial charge in [-0.3, -0.25) is 9.52 Å². The fraction of sp³-hybridized carbons (Fsp3) is 0.150. The number of nitrogens with zero attached hydrogens (tertiary/aromatic N) is 2. The van der Waals surface area contributed by atoms with Crippen LogP contribution in [0.4, 0.5) is 42.0 Å². The van der Waals surface area contributed by atoms with Crippen molar-refractivity contribution in [3.8, 4) is 0 Å². The highest BCUT2D eigenvalue weighted by Crippen LogP contribution is 2.35. The van der Waals surface area contributed by atoms with E-state index in [2.05, 4.69) is 30.6 Å². The van der Waals surface area contributed by atoms with Crippen LogP contribution in [0.2, 0.25) is 0 Å². The molecule has 0 saturated heterocycles. The van der Waals surface area contributed by atoms with Crippen LogP contribution in [0.5, 0.6) is 0 Å². The zero-order valence-corrected chi connectivity index (χ0v) is 18.2. The molecule has 3 aromatic rings. The van der Waals surface area contributed by atoms with Crippen LogP contribution < -0.4 is 20.7 Å². The number of carbonyl (C=O) groups is 1. The quantitative estimate of drug-likeness (QED) is 0.406. The van der Waals surface area contributed by atoms with E-state index < -0.39 is 27.6 Å². The number of benzene rings is 2. The summed E-state index contributed by atoms with van der Waals surface area (Å²) >= 11 is 0. The third-order valence-electron chi connectivity index (χ3n) is 4.18. The summed E-state index contributed by atoms with van der Waals surface area (Å²) in [4.78, 5) is 19.3. The van der Waals surface area contributed by atoms with Gasteiger partial charge in [-0.1, -0.05) is 0 Å². The van der Waals surface area contributed by atoms with Gasteiger partial charge in [-0.05, 0) is 48.5 Å². The van der Waals surface area contributed by atoms with Crippen molar-refractivity contribution in [2.45, 2.75) is 6.18 Å². The SMILES string of the molecule is CNC(=O)c1ccc(Nc2ncc(C(F)(F)F)c(Nc3ccc(NS(C)(=O)=O)cc3)n2)cc1. The van der Waals surface area contributed by atoms with Gasteiger partial charge in [-0.15, -0.1) is 0 Å². The van der Waals surface area contributed by atoms with Crippen molar-refractivity contribution >= 4 is 44.8 Å². The molecule has 0 saturated carbocycles. The van der Waals surface area contributed by atoms with Gasteiger partial charge in [0, 0.05) is 35.9 Å². The van der Waals surface area contributed by atoms with Crippen LogP contribution in [0, 0.1) is 0 Å². The molecule has 0 bridgehead atoms. The minimum atomic E-state index is -4.71. The molecule has 2 aromatic carbocycles. The van der Waals surface area contributed by atoms with E-state index >= 15 is 0 Å². The predicted molar refractivity (Wildman–Crippen MR) is 118 cm³/mol. The Morgan fingerprint density at radius 1 is 0.909 bits per heavy atom. The molecule has 0 aliphatic carbocycles. The lowest BCUT2D eigenvalue weighted by Gasteiger charge is -2.15. The molecule has 4 N–H and O–H groups in total. The van der Waals surface area contributed by atoms with Crippen LogP contribution in [0.25, 0.3) is 0 Å². The second-order valence-corrected chi connectivity index (χ2v) is 8.56. The van der Waals surface area contributed by atoms with Crippen molar-refractivity contribution in [2.24, 2.45) is 0 Å². The summed E-state index contributed by atoms with van der Waals surface area (Å²) in [7, 11) is -1.99. The fourth-order valence-corrected chi connectivity index (χ4v) is 3.26. The second-order valence-electron chi connectivity index (χ2n) is 6.81. The molecule has 3 rings (SSSR count). The summed E-state index contributed by atoms with van der Waals surface area (Å²) < 4.78 is 65.2. The minimum Gasteiger partial charge on any atom is -0.355 e. The number of aromatic nitrogens is 2. The maximum absolute atomic E-state index is 13.5. The number of anilines is 5. The molecule has 0 radical (unpaired) electrons. The lowest BCUT2D eigenvalue weighted by atomic mass is 10.2. The third-order valence-corrected chi connectivity index (χ3v) is 4.78. The average Bonchev–Trinajstić information content (AvgIpc) is 2.73. The van der Waals surface area contributed by atoms with E-state index in [1.54, 1.807) is 12.1 Å². The molecule has 0 aliphatic rings. The van der Waals surface area contributed by atoms with Gasteiger partial charge in [0.05, 0.1) is 6.26 Å². The normalized spacial score (nSPS) is 11.5. The minimum absolute atomic E-state index is 0.103. The monoisotopic (exact) mass is 480 g/mol. The standard InChI is InChI=1S/C20H19F3N6O3S/c1-24-18(30)12-3-5-14(6-4-12)27-19-25-11-16(20(21,22)23)17(28-19)26-13-7-9-15(10-8-13)29-33(2,31)32/h3-11,29H,1-2H3,(H,24,30)(H2,25,26,27,28). The van der Waals surface area contributed by atoms with Crippen molar-refractivity contribution in [2.75, 3.05) is 28.7 Å². The average molecular weight is 480 g/mol. The Labute approximate surface area is 187 Å². The Bertz CT molecular complexity index is 1250. The van der Waals surface area contributed by atoms with Gasteiger partial charge in [-0.2, -0.15) is 18.2 Å². The number of rotatable bonds is 7. The molecule has 174 valence electrons. The molecule has 9 nitrogen and oxygen atoms in total. The van der Waals surface area contributed by atoms with Gasteiger partial charge >= 0.3 is 6.18 Å². The van der Waals surface area contributed by atoms with Crippen molar-refractivity contribution in [1.29, 1.82) is 0 Å². The fourth-order valence-electron chi connectivity index (χ4n) is 2.70. The number of hydrogen-bond acceptors (Lipinski definition) is 7. The van der Waals surface area contributed by atoms with Crippen LogP contribution in [-0.2, 0) is 16.2 Å². The van der Waals surface area contributed by atoms with E-state index in [0.717, 1.165) is 6.26 Å². The highest BCUT2D eigenvalue weighted by molar-refractivity contribution is 7.92. The van der Waals surface area contributed by atoms with Gasteiger partial charge < -0.3 is 16.0 Å². The van der Waals surface area contributed by atoms with Gasteiger partial charge in [0.1, 0.15) is 11.4 Å². The summed E-state index contributed by atoms with van der Waals surface area (Å²) in [6, 6.07) is 11.8.